The number of carbonyl (C=O) groups excluding carboxylic acids is 1. The quantitative estimate of drug-likeness (QED) is 0.362. The van der Waals surface area contributed by atoms with Crippen LogP contribution in [0.4, 0.5) is 5.69 Å². The summed E-state index contributed by atoms with van der Waals surface area (Å²) < 4.78 is 5.28. The van der Waals surface area contributed by atoms with Crippen LogP contribution in [0.2, 0.25) is 0 Å². The van der Waals surface area contributed by atoms with Gasteiger partial charge in [-0.3, -0.25) is 14.9 Å². The smallest absolute Gasteiger partial charge is 0.275 e. The molecule has 1 amide bonds. The molecule has 0 fully saturated rings. The van der Waals surface area contributed by atoms with Crippen molar-refractivity contribution in [2.24, 2.45) is 5.10 Å². The molecule has 0 spiro atoms. The molecule has 8 nitrogen and oxygen atoms in total. The first-order valence-corrected chi connectivity index (χ1v) is 6.99. The lowest BCUT2D eigenvalue weighted by atomic mass is 10.2. The number of phenols is 1. The summed E-state index contributed by atoms with van der Waals surface area (Å²) in [6.45, 7) is -0.0249. The predicted molar refractivity (Wildman–Crippen MR) is 90.6 cm³/mol. The first kappa shape index (κ1) is 17.5. The van der Waals surface area contributed by atoms with Crippen molar-refractivity contribution < 1.29 is 19.6 Å². The Morgan fingerprint density at radius 1 is 1.40 bits per heavy atom. The number of carbonyl (C=O) groups is 1. The second kappa shape index (κ2) is 8.12. The number of benzene rings is 2. The van der Waals surface area contributed by atoms with E-state index < -0.39 is 10.8 Å². The number of hydrogen-bond acceptors (Lipinski definition) is 6. The molecule has 0 aromatic heterocycles. The molecule has 25 heavy (non-hydrogen) atoms. The summed E-state index contributed by atoms with van der Waals surface area (Å²) >= 11 is 0. The standard InChI is InChI=1S/C17H13N3O5/c1-2-9-25-16-8-7-13(20(23)24)10-12(16)11-18-19-17(22)14-5-3-4-6-15(14)21/h1,3-8,10-11,21H,9H2,(H,19,22)/b18-11-. The van der Waals surface area contributed by atoms with Gasteiger partial charge in [-0.2, -0.15) is 5.10 Å². The van der Waals surface area contributed by atoms with Crippen LogP contribution >= 0.6 is 0 Å². The molecule has 126 valence electrons. The van der Waals surface area contributed by atoms with E-state index in [1.54, 1.807) is 12.1 Å². The zero-order valence-electron chi connectivity index (χ0n) is 12.9. The van der Waals surface area contributed by atoms with E-state index >= 15 is 0 Å². The number of terminal acetylenes is 1. The molecule has 0 aliphatic heterocycles. The summed E-state index contributed by atoms with van der Waals surface area (Å²) in [4.78, 5) is 22.2. The number of para-hydroxylation sites is 1. The SMILES string of the molecule is C#CCOc1ccc([N+](=O)[O-])cc1/C=N\NC(=O)c1ccccc1O. The minimum atomic E-state index is -0.633. The number of nitro benzene ring substituents is 1. The summed E-state index contributed by atoms with van der Waals surface area (Å²) in [6.07, 6.45) is 6.32. The molecule has 0 bridgehead atoms. The van der Waals surface area contributed by atoms with Crippen molar-refractivity contribution in [1.82, 2.24) is 5.43 Å². The second-order valence-electron chi connectivity index (χ2n) is 4.69. The zero-order chi connectivity index (χ0) is 18.2. The Hall–Kier alpha value is -3.86. The molecular weight excluding hydrogens is 326 g/mol. The van der Waals surface area contributed by atoms with E-state index in [0.29, 0.717) is 0 Å². The number of nitrogens with one attached hydrogen (secondary N) is 1. The third-order valence-electron chi connectivity index (χ3n) is 3.03. The molecule has 2 aromatic rings. The highest BCUT2D eigenvalue weighted by atomic mass is 16.6. The number of ether oxygens (including phenoxy) is 1. The van der Waals surface area contributed by atoms with Crippen molar-refractivity contribution in [2.45, 2.75) is 0 Å². The number of hydrazone groups is 1. The van der Waals surface area contributed by atoms with E-state index in [-0.39, 0.29) is 34.9 Å². The summed E-state index contributed by atoms with van der Waals surface area (Å²) in [5.41, 5.74) is 2.37. The summed E-state index contributed by atoms with van der Waals surface area (Å²) in [5, 5.41) is 24.2. The maximum absolute atomic E-state index is 11.9. The molecule has 0 unspecified atom stereocenters. The Kier molecular flexibility index (Phi) is 5.68. The van der Waals surface area contributed by atoms with E-state index in [2.05, 4.69) is 16.4 Å². The molecule has 0 aliphatic rings. The predicted octanol–water partition coefficient (Wildman–Crippen LogP) is 2.08. The van der Waals surface area contributed by atoms with Crippen LogP contribution in [-0.2, 0) is 0 Å². The van der Waals surface area contributed by atoms with Gasteiger partial charge in [0.05, 0.1) is 16.7 Å². The van der Waals surface area contributed by atoms with Gasteiger partial charge in [0.2, 0.25) is 0 Å². The Bertz CT molecular complexity index is 871. The number of non-ortho nitro benzene ring substituents is 1. The first-order chi connectivity index (χ1) is 12.0. The number of phenolic OH excluding ortho intramolecular Hbond substituents is 1. The fourth-order valence-electron chi connectivity index (χ4n) is 1.89. The van der Waals surface area contributed by atoms with Crippen LogP contribution in [0, 0.1) is 22.5 Å². The molecular formula is C17H13N3O5. The van der Waals surface area contributed by atoms with Crippen LogP contribution in [0.3, 0.4) is 0 Å². The van der Waals surface area contributed by atoms with Gasteiger partial charge in [-0.05, 0) is 18.2 Å². The summed E-state index contributed by atoms with van der Waals surface area (Å²) in [6, 6.07) is 9.85. The van der Waals surface area contributed by atoms with Gasteiger partial charge in [0.25, 0.3) is 11.6 Å². The van der Waals surface area contributed by atoms with Gasteiger partial charge in [-0.15, -0.1) is 6.42 Å². The largest absolute Gasteiger partial charge is 0.507 e. The number of hydrogen-bond donors (Lipinski definition) is 2. The maximum atomic E-state index is 11.9. The van der Waals surface area contributed by atoms with Crippen molar-refractivity contribution in [3.05, 3.63) is 63.7 Å². The lowest BCUT2D eigenvalue weighted by molar-refractivity contribution is -0.384. The van der Waals surface area contributed by atoms with E-state index in [1.807, 2.05) is 0 Å². The van der Waals surface area contributed by atoms with E-state index in [0.717, 1.165) is 0 Å². The van der Waals surface area contributed by atoms with Crippen LogP contribution < -0.4 is 10.2 Å². The maximum Gasteiger partial charge on any atom is 0.275 e. The molecule has 2 rings (SSSR count). The van der Waals surface area contributed by atoms with Crippen molar-refractivity contribution in [3.8, 4) is 23.8 Å². The molecule has 0 atom stereocenters. The van der Waals surface area contributed by atoms with Crippen molar-refractivity contribution in [2.75, 3.05) is 6.61 Å². The molecule has 0 aliphatic carbocycles. The van der Waals surface area contributed by atoms with Gasteiger partial charge in [0.1, 0.15) is 18.1 Å². The van der Waals surface area contributed by atoms with E-state index in [1.165, 1.54) is 36.5 Å². The average molecular weight is 339 g/mol. The van der Waals surface area contributed by atoms with Gasteiger partial charge in [0, 0.05) is 17.7 Å². The Labute approximate surface area is 142 Å². The molecule has 0 heterocycles. The normalized spacial score (nSPS) is 10.2. The lowest BCUT2D eigenvalue weighted by Gasteiger charge is -2.06. The van der Waals surface area contributed by atoms with Crippen LogP contribution in [0.5, 0.6) is 11.5 Å². The van der Waals surface area contributed by atoms with E-state index in [4.69, 9.17) is 11.2 Å². The molecule has 8 heteroatoms. The average Bonchev–Trinajstić information content (AvgIpc) is 2.60. The van der Waals surface area contributed by atoms with E-state index in [9.17, 15) is 20.0 Å². The van der Waals surface area contributed by atoms with Crippen molar-refractivity contribution in [1.29, 1.82) is 0 Å². The Balaban J connectivity index is 2.19. The van der Waals surface area contributed by atoms with Crippen molar-refractivity contribution >= 4 is 17.8 Å². The van der Waals surface area contributed by atoms with Crippen LogP contribution in [-0.4, -0.2) is 28.8 Å². The van der Waals surface area contributed by atoms with Gasteiger partial charge in [0.15, 0.2) is 0 Å². The number of amides is 1. The molecule has 2 aromatic carbocycles. The highest BCUT2D eigenvalue weighted by molar-refractivity contribution is 5.97. The number of nitro groups is 1. The third-order valence-corrected chi connectivity index (χ3v) is 3.03. The monoisotopic (exact) mass is 339 g/mol. The Morgan fingerprint density at radius 2 is 2.16 bits per heavy atom. The highest BCUT2D eigenvalue weighted by Crippen LogP contribution is 2.23. The Morgan fingerprint density at radius 3 is 2.84 bits per heavy atom. The molecule has 0 radical (unpaired) electrons. The van der Waals surface area contributed by atoms with Gasteiger partial charge < -0.3 is 9.84 Å². The van der Waals surface area contributed by atoms with Gasteiger partial charge in [-0.25, -0.2) is 5.43 Å². The fraction of sp³-hybridized carbons (Fsp3) is 0.0588. The third kappa shape index (κ3) is 4.56. The highest BCUT2D eigenvalue weighted by Gasteiger charge is 2.12. The van der Waals surface area contributed by atoms with Gasteiger partial charge in [-0.1, -0.05) is 18.1 Å². The zero-order valence-corrected chi connectivity index (χ0v) is 12.9. The number of nitrogens with zero attached hydrogens (tertiary/aromatic N) is 2. The minimum absolute atomic E-state index is 0.0249. The van der Waals surface area contributed by atoms with Crippen LogP contribution in [0.15, 0.2) is 47.6 Å². The summed E-state index contributed by atoms with van der Waals surface area (Å²) in [5.74, 6) is 1.74. The number of rotatable bonds is 6. The topological polar surface area (TPSA) is 114 Å². The van der Waals surface area contributed by atoms with Gasteiger partial charge >= 0.3 is 0 Å². The van der Waals surface area contributed by atoms with Crippen molar-refractivity contribution in [3.63, 3.8) is 0 Å². The number of aromatic hydroxyl groups is 1. The van der Waals surface area contributed by atoms with Crippen LogP contribution in [0.25, 0.3) is 0 Å². The van der Waals surface area contributed by atoms with Crippen LogP contribution in [0.1, 0.15) is 15.9 Å². The molecule has 0 saturated carbocycles. The first-order valence-electron chi connectivity index (χ1n) is 6.99. The minimum Gasteiger partial charge on any atom is -0.507 e. The lowest BCUT2D eigenvalue weighted by Crippen LogP contribution is -2.17. The second-order valence-corrected chi connectivity index (χ2v) is 4.69. The molecule has 2 N–H and O–H groups in total. The molecule has 0 saturated heterocycles. The fourth-order valence-corrected chi connectivity index (χ4v) is 1.89. The summed E-state index contributed by atoms with van der Waals surface area (Å²) in [7, 11) is 0.